The van der Waals surface area contributed by atoms with Crippen molar-refractivity contribution in [2.75, 3.05) is 25.9 Å². The molecule has 0 aliphatic carbocycles. The van der Waals surface area contributed by atoms with Crippen LogP contribution < -0.4 is 5.32 Å². The molecule has 134 valence electrons. The first-order valence-electron chi connectivity index (χ1n) is 8.83. The van der Waals surface area contributed by atoms with E-state index < -0.39 is 0 Å². The van der Waals surface area contributed by atoms with Gasteiger partial charge in [0.2, 0.25) is 0 Å². The Balaban J connectivity index is 1.43. The fourth-order valence-electron chi connectivity index (χ4n) is 3.30. The van der Waals surface area contributed by atoms with Gasteiger partial charge in [0.15, 0.2) is 0 Å². The Hall–Kier alpha value is -1.30. The quantitative estimate of drug-likeness (QED) is 0.760. The molecule has 2 aromatic rings. The third kappa shape index (κ3) is 5.09. The molecule has 1 aliphatic heterocycles. The fourth-order valence-corrected chi connectivity index (χ4v) is 4.72. The molecule has 1 aromatic heterocycles. The second-order valence-electron chi connectivity index (χ2n) is 6.73. The van der Waals surface area contributed by atoms with Crippen LogP contribution in [0.4, 0.5) is 0 Å². The summed E-state index contributed by atoms with van der Waals surface area (Å²) in [5, 5.41) is 5.14. The van der Waals surface area contributed by atoms with Gasteiger partial charge < -0.3 is 5.32 Å². The largest absolute Gasteiger partial charge is 0.351 e. The molecule has 3 rings (SSSR count). The van der Waals surface area contributed by atoms with Gasteiger partial charge in [-0.05, 0) is 73.7 Å². The van der Waals surface area contributed by atoms with Crippen molar-refractivity contribution in [3.05, 3.63) is 51.7 Å². The highest BCUT2D eigenvalue weighted by molar-refractivity contribution is 7.98. The minimum atomic E-state index is 0.0782. The standard InChI is InChI=1S/C20H26N2OS2/c1-15-11-19(25-14-15)20(23)21-12-16-7-9-22(10-8-16)13-17-5-3-4-6-18(17)24-2/h3-6,11,14,16H,7-10,12-13H2,1-2H3,(H,21,23). The van der Waals surface area contributed by atoms with E-state index in [4.69, 9.17) is 0 Å². The molecule has 1 saturated heterocycles. The van der Waals surface area contributed by atoms with Gasteiger partial charge in [0.25, 0.3) is 5.91 Å². The van der Waals surface area contributed by atoms with E-state index in [-0.39, 0.29) is 5.91 Å². The van der Waals surface area contributed by atoms with Crippen molar-refractivity contribution in [2.45, 2.75) is 31.2 Å². The zero-order valence-corrected chi connectivity index (χ0v) is 16.6. The Morgan fingerprint density at radius 3 is 2.76 bits per heavy atom. The second kappa shape index (κ2) is 8.88. The maximum absolute atomic E-state index is 12.2. The van der Waals surface area contributed by atoms with Gasteiger partial charge in [0.05, 0.1) is 4.88 Å². The minimum absolute atomic E-state index is 0.0782. The van der Waals surface area contributed by atoms with E-state index in [1.54, 1.807) is 0 Å². The third-order valence-corrected chi connectivity index (χ3v) is 6.68. The smallest absolute Gasteiger partial charge is 0.261 e. The average molecular weight is 375 g/mol. The first kappa shape index (κ1) is 18.5. The number of nitrogens with zero attached hydrogens (tertiary/aromatic N) is 1. The van der Waals surface area contributed by atoms with Crippen molar-refractivity contribution in [1.82, 2.24) is 10.2 Å². The number of thioether (sulfide) groups is 1. The van der Waals surface area contributed by atoms with Crippen LogP contribution in [0.1, 0.15) is 33.6 Å². The highest BCUT2D eigenvalue weighted by Crippen LogP contribution is 2.24. The van der Waals surface area contributed by atoms with Crippen molar-refractivity contribution >= 4 is 29.0 Å². The van der Waals surface area contributed by atoms with E-state index in [0.717, 1.165) is 49.5 Å². The van der Waals surface area contributed by atoms with Gasteiger partial charge in [-0.1, -0.05) is 18.2 Å². The number of rotatable bonds is 6. The summed E-state index contributed by atoms with van der Waals surface area (Å²) >= 11 is 3.35. The van der Waals surface area contributed by atoms with Gasteiger partial charge in [-0.25, -0.2) is 0 Å². The van der Waals surface area contributed by atoms with Crippen molar-refractivity contribution in [1.29, 1.82) is 0 Å². The summed E-state index contributed by atoms with van der Waals surface area (Å²) in [7, 11) is 0. The maximum atomic E-state index is 12.2. The fraction of sp³-hybridized carbons (Fsp3) is 0.450. The molecule has 0 unspecified atom stereocenters. The SMILES string of the molecule is CSc1ccccc1CN1CCC(CNC(=O)c2cc(C)cs2)CC1. The molecule has 2 heterocycles. The molecule has 1 amide bonds. The lowest BCUT2D eigenvalue weighted by molar-refractivity contribution is 0.0939. The molecule has 1 aromatic carbocycles. The summed E-state index contributed by atoms with van der Waals surface area (Å²) in [6.07, 6.45) is 4.46. The Labute approximate surface area is 158 Å². The van der Waals surface area contributed by atoms with Crippen LogP contribution in [0.5, 0.6) is 0 Å². The third-order valence-electron chi connectivity index (χ3n) is 4.80. The second-order valence-corrected chi connectivity index (χ2v) is 8.49. The normalized spacial score (nSPS) is 16.1. The van der Waals surface area contributed by atoms with E-state index in [1.807, 2.05) is 30.1 Å². The van der Waals surface area contributed by atoms with E-state index in [1.165, 1.54) is 21.8 Å². The molecular formula is C20H26N2OS2. The lowest BCUT2D eigenvalue weighted by Crippen LogP contribution is -2.38. The Morgan fingerprint density at radius 1 is 1.32 bits per heavy atom. The molecular weight excluding hydrogens is 348 g/mol. The van der Waals surface area contributed by atoms with Crippen LogP contribution in [0.2, 0.25) is 0 Å². The average Bonchev–Trinajstić information content (AvgIpc) is 3.08. The summed E-state index contributed by atoms with van der Waals surface area (Å²) in [6, 6.07) is 10.6. The van der Waals surface area contributed by atoms with Gasteiger partial charge in [0, 0.05) is 18.0 Å². The predicted octanol–water partition coefficient (Wildman–Crippen LogP) is 4.42. The van der Waals surface area contributed by atoms with Gasteiger partial charge in [-0.2, -0.15) is 0 Å². The van der Waals surface area contributed by atoms with Gasteiger partial charge in [-0.15, -0.1) is 23.1 Å². The zero-order chi connectivity index (χ0) is 17.6. The predicted molar refractivity (Wildman–Crippen MR) is 108 cm³/mol. The first-order chi connectivity index (χ1) is 12.2. The molecule has 0 radical (unpaired) electrons. The number of thiophene rings is 1. The van der Waals surface area contributed by atoms with E-state index in [9.17, 15) is 4.79 Å². The minimum Gasteiger partial charge on any atom is -0.351 e. The Kier molecular flexibility index (Phi) is 6.57. The topological polar surface area (TPSA) is 32.3 Å². The maximum Gasteiger partial charge on any atom is 0.261 e. The number of likely N-dealkylation sites (tertiary alicyclic amines) is 1. The first-order valence-corrected chi connectivity index (χ1v) is 10.9. The zero-order valence-electron chi connectivity index (χ0n) is 15.0. The molecule has 25 heavy (non-hydrogen) atoms. The number of carbonyl (C=O) groups excluding carboxylic acids is 1. The molecule has 0 bridgehead atoms. The van der Waals surface area contributed by atoms with Gasteiger partial charge >= 0.3 is 0 Å². The lowest BCUT2D eigenvalue weighted by Gasteiger charge is -2.32. The molecule has 1 N–H and O–H groups in total. The number of hydrogen-bond donors (Lipinski definition) is 1. The molecule has 0 atom stereocenters. The lowest BCUT2D eigenvalue weighted by atomic mass is 9.96. The Bertz CT molecular complexity index is 705. The number of carbonyl (C=O) groups is 1. The number of aryl methyl sites for hydroxylation is 1. The van der Waals surface area contributed by atoms with Crippen molar-refractivity contribution < 1.29 is 4.79 Å². The highest BCUT2D eigenvalue weighted by Gasteiger charge is 2.20. The van der Waals surface area contributed by atoms with E-state index >= 15 is 0 Å². The van der Waals surface area contributed by atoms with Crippen LogP contribution in [-0.4, -0.2) is 36.7 Å². The van der Waals surface area contributed by atoms with Crippen molar-refractivity contribution in [2.24, 2.45) is 5.92 Å². The summed E-state index contributed by atoms with van der Waals surface area (Å²) in [5.41, 5.74) is 2.59. The molecule has 3 nitrogen and oxygen atoms in total. The van der Waals surface area contributed by atoms with Crippen LogP contribution in [-0.2, 0) is 6.54 Å². The van der Waals surface area contributed by atoms with Crippen molar-refractivity contribution in [3.63, 3.8) is 0 Å². The van der Waals surface area contributed by atoms with Crippen LogP contribution in [0.3, 0.4) is 0 Å². The van der Waals surface area contributed by atoms with Crippen LogP contribution in [0.25, 0.3) is 0 Å². The number of piperidine rings is 1. The number of benzene rings is 1. The van der Waals surface area contributed by atoms with Gasteiger partial charge in [-0.3, -0.25) is 9.69 Å². The molecule has 0 spiro atoms. The molecule has 1 fully saturated rings. The summed E-state index contributed by atoms with van der Waals surface area (Å²) in [4.78, 5) is 16.9. The summed E-state index contributed by atoms with van der Waals surface area (Å²) in [6.45, 7) is 6.08. The van der Waals surface area contributed by atoms with E-state index in [0.29, 0.717) is 5.92 Å². The summed E-state index contributed by atoms with van der Waals surface area (Å²) in [5.74, 6) is 0.673. The number of hydrogen-bond acceptors (Lipinski definition) is 4. The highest BCUT2D eigenvalue weighted by atomic mass is 32.2. The summed E-state index contributed by atoms with van der Waals surface area (Å²) < 4.78 is 0. The Morgan fingerprint density at radius 2 is 2.08 bits per heavy atom. The van der Waals surface area contributed by atoms with Crippen LogP contribution in [0.15, 0.2) is 40.6 Å². The molecule has 0 saturated carbocycles. The molecule has 1 aliphatic rings. The monoisotopic (exact) mass is 374 g/mol. The number of nitrogens with one attached hydrogen (secondary N) is 1. The van der Waals surface area contributed by atoms with Crippen molar-refractivity contribution in [3.8, 4) is 0 Å². The van der Waals surface area contributed by atoms with Gasteiger partial charge in [0.1, 0.15) is 0 Å². The van der Waals surface area contributed by atoms with E-state index in [2.05, 4.69) is 40.7 Å². The van der Waals surface area contributed by atoms with Crippen LogP contribution >= 0.6 is 23.1 Å². The van der Waals surface area contributed by atoms with Crippen LogP contribution in [0, 0.1) is 12.8 Å². The number of amides is 1. The molecule has 5 heteroatoms.